The number of likely N-dealkylation sites (N-methyl/N-ethyl adjacent to an activating group) is 1. The van der Waals surface area contributed by atoms with Gasteiger partial charge in [0.05, 0.1) is 18.1 Å². The Hall–Kier alpha value is -2.41. The van der Waals surface area contributed by atoms with Gasteiger partial charge in [0.2, 0.25) is 0 Å². The van der Waals surface area contributed by atoms with Crippen molar-refractivity contribution in [2.45, 2.75) is 18.8 Å². The maximum Gasteiger partial charge on any atom is 0.277 e. The van der Waals surface area contributed by atoms with E-state index in [1.165, 1.54) is 18.6 Å². The molecule has 0 bridgehead atoms. The molecular weight excluding hydrogens is 280 g/mol. The van der Waals surface area contributed by atoms with Gasteiger partial charge in [0, 0.05) is 31.1 Å². The number of likely N-dealkylation sites (tertiary alicyclic amines) is 1. The van der Waals surface area contributed by atoms with Gasteiger partial charge < -0.3 is 10.2 Å². The average Bonchev–Trinajstić information content (AvgIpc) is 2.56. The summed E-state index contributed by atoms with van der Waals surface area (Å²) < 4.78 is 0. The maximum absolute atomic E-state index is 12.1. The van der Waals surface area contributed by atoms with Crippen LogP contribution in [0, 0.1) is 0 Å². The Labute approximate surface area is 128 Å². The van der Waals surface area contributed by atoms with Crippen LogP contribution in [0.4, 0.5) is 5.82 Å². The van der Waals surface area contributed by atoms with Crippen LogP contribution in [0.5, 0.6) is 0 Å². The first-order valence-electron chi connectivity index (χ1n) is 7.30. The van der Waals surface area contributed by atoms with Crippen molar-refractivity contribution >= 4 is 11.7 Å². The van der Waals surface area contributed by atoms with Crippen molar-refractivity contribution in [2.24, 2.45) is 0 Å². The van der Waals surface area contributed by atoms with Gasteiger partial charge >= 0.3 is 0 Å². The molecule has 0 aliphatic carbocycles. The van der Waals surface area contributed by atoms with E-state index >= 15 is 0 Å². The van der Waals surface area contributed by atoms with Gasteiger partial charge in [0.25, 0.3) is 5.91 Å². The highest BCUT2D eigenvalue weighted by Crippen LogP contribution is 2.24. The summed E-state index contributed by atoms with van der Waals surface area (Å²) in [4.78, 5) is 30.9. The van der Waals surface area contributed by atoms with Crippen LogP contribution >= 0.6 is 0 Å². The van der Waals surface area contributed by atoms with Crippen LogP contribution in [0.3, 0.4) is 0 Å². The third-order valence-corrected chi connectivity index (χ3v) is 3.75. The lowest BCUT2D eigenvalue weighted by atomic mass is 9.95. The fourth-order valence-electron chi connectivity index (χ4n) is 2.62. The molecule has 114 valence electrons. The fourth-order valence-corrected chi connectivity index (χ4v) is 2.62. The molecule has 3 heterocycles. The predicted molar refractivity (Wildman–Crippen MR) is 81.5 cm³/mol. The lowest BCUT2D eigenvalue weighted by Crippen LogP contribution is -2.31. The summed E-state index contributed by atoms with van der Waals surface area (Å²) in [6.45, 7) is 2.11. The smallest absolute Gasteiger partial charge is 0.277 e. The van der Waals surface area contributed by atoms with Crippen molar-refractivity contribution < 1.29 is 4.79 Å². The molecule has 2 aromatic heterocycles. The Kier molecular flexibility index (Phi) is 4.34. The highest BCUT2D eigenvalue weighted by atomic mass is 16.1. The minimum atomic E-state index is -0.333. The second-order valence-electron chi connectivity index (χ2n) is 5.47. The Balaban J connectivity index is 1.67. The maximum atomic E-state index is 12.1. The number of nitrogens with one attached hydrogen (secondary N) is 1. The van der Waals surface area contributed by atoms with E-state index in [4.69, 9.17) is 0 Å². The Morgan fingerprint density at radius 1 is 1.23 bits per heavy atom. The number of piperidine rings is 1. The van der Waals surface area contributed by atoms with Gasteiger partial charge in [-0.15, -0.1) is 0 Å². The van der Waals surface area contributed by atoms with Crippen LogP contribution < -0.4 is 5.32 Å². The number of carbonyl (C=O) groups is 1. The molecule has 1 unspecified atom stereocenters. The molecule has 1 amide bonds. The van der Waals surface area contributed by atoms with E-state index < -0.39 is 0 Å². The molecule has 1 aliphatic rings. The summed E-state index contributed by atoms with van der Waals surface area (Å²) in [6.07, 6.45) is 10.1. The van der Waals surface area contributed by atoms with E-state index in [-0.39, 0.29) is 11.6 Å². The first kappa shape index (κ1) is 14.5. The number of aromatic nitrogens is 4. The molecule has 1 atom stereocenters. The molecule has 0 aromatic carbocycles. The van der Waals surface area contributed by atoms with E-state index in [1.807, 2.05) is 0 Å². The SMILES string of the molecule is CN1CCCC(c2cnc(C(=O)Nc3cnccn3)cn2)C1. The van der Waals surface area contributed by atoms with E-state index in [1.54, 1.807) is 12.4 Å². The van der Waals surface area contributed by atoms with Crippen LogP contribution in [0.15, 0.2) is 31.0 Å². The van der Waals surface area contributed by atoms with Crippen molar-refractivity contribution in [1.29, 1.82) is 0 Å². The number of nitrogens with zero attached hydrogens (tertiary/aromatic N) is 5. The monoisotopic (exact) mass is 298 g/mol. The standard InChI is InChI=1S/C15H18N6O/c1-21-6-2-3-11(10-21)12-7-19-13(8-18-12)15(22)20-14-9-16-4-5-17-14/h4-5,7-9,11H,2-3,6,10H2,1H3,(H,17,20,22). The molecule has 0 saturated carbocycles. The van der Waals surface area contributed by atoms with Gasteiger partial charge in [-0.05, 0) is 26.4 Å². The summed E-state index contributed by atoms with van der Waals surface area (Å²) in [7, 11) is 2.11. The zero-order valence-electron chi connectivity index (χ0n) is 12.4. The minimum absolute atomic E-state index is 0.276. The van der Waals surface area contributed by atoms with Gasteiger partial charge in [0.1, 0.15) is 5.69 Å². The van der Waals surface area contributed by atoms with Crippen LogP contribution in [0.25, 0.3) is 0 Å². The van der Waals surface area contributed by atoms with E-state index in [9.17, 15) is 4.79 Å². The van der Waals surface area contributed by atoms with Crippen molar-refractivity contribution in [3.63, 3.8) is 0 Å². The Morgan fingerprint density at radius 2 is 2.14 bits per heavy atom. The van der Waals surface area contributed by atoms with Gasteiger partial charge in [-0.2, -0.15) is 0 Å². The number of carbonyl (C=O) groups excluding carboxylic acids is 1. The Bertz CT molecular complexity index is 630. The molecule has 2 aromatic rings. The lowest BCUT2D eigenvalue weighted by molar-refractivity contribution is 0.102. The summed E-state index contributed by atoms with van der Waals surface area (Å²) in [6, 6.07) is 0. The summed E-state index contributed by atoms with van der Waals surface area (Å²) in [5.74, 6) is 0.455. The number of hydrogen-bond acceptors (Lipinski definition) is 6. The lowest BCUT2D eigenvalue weighted by Gasteiger charge is -2.29. The van der Waals surface area contributed by atoms with E-state index in [2.05, 4.69) is 37.2 Å². The van der Waals surface area contributed by atoms with E-state index in [0.29, 0.717) is 11.7 Å². The molecule has 0 spiro atoms. The van der Waals surface area contributed by atoms with Crippen LogP contribution in [-0.4, -0.2) is 50.9 Å². The molecule has 1 aliphatic heterocycles. The molecule has 22 heavy (non-hydrogen) atoms. The topological polar surface area (TPSA) is 83.9 Å². The van der Waals surface area contributed by atoms with Gasteiger partial charge in [-0.3, -0.25) is 14.8 Å². The van der Waals surface area contributed by atoms with Crippen molar-refractivity contribution in [3.05, 3.63) is 42.4 Å². The zero-order chi connectivity index (χ0) is 15.4. The van der Waals surface area contributed by atoms with Crippen LogP contribution in [0.1, 0.15) is 34.9 Å². The quantitative estimate of drug-likeness (QED) is 0.920. The zero-order valence-corrected chi connectivity index (χ0v) is 12.4. The highest BCUT2D eigenvalue weighted by molar-refractivity contribution is 6.01. The molecule has 7 nitrogen and oxygen atoms in total. The third-order valence-electron chi connectivity index (χ3n) is 3.75. The highest BCUT2D eigenvalue weighted by Gasteiger charge is 2.20. The largest absolute Gasteiger partial charge is 0.306 e. The number of anilines is 1. The minimum Gasteiger partial charge on any atom is -0.306 e. The molecule has 7 heteroatoms. The van der Waals surface area contributed by atoms with Gasteiger partial charge in [0.15, 0.2) is 5.82 Å². The Morgan fingerprint density at radius 3 is 2.82 bits per heavy atom. The predicted octanol–water partition coefficient (Wildman–Crippen LogP) is 1.33. The van der Waals surface area contributed by atoms with Crippen molar-refractivity contribution in [2.75, 3.05) is 25.5 Å². The second-order valence-corrected chi connectivity index (χ2v) is 5.47. The number of amides is 1. The molecule has 0 radical (unpaired) electrons. The van der Waals surface area contributed by atoms with Crippen LogP contribution in [0.2, 0.25) is 0 Å². The van der Waals surface area contributed by atoms with Crippen molar-refractivity contribution in [3.8, 4) is 0 Å². The van der Waals surface area contributed by atoms with Crippen molar-refractivity contribution in [1.82, 2.24) is 24.8 Å². The number of hydrogen-bond donors (Lipinski definition) is 1. The molecule has 1 saturated heterocycles. The summed E-state index contributed by atoms with van der Waals surface area (Å²) in [5, 5.41) is 2.64. The average molecular weight is 298 g/mol. The summed E-state index contributed by atoms with van der Waals surface area (Å²) in [5.41, 5.74) is 1.22. The number of rotatable bonds is 3. The fraction of sp³-hybridized carbons (Fsp3) is 0.400. The van der Waals surface area contributed by atoms with E-state index in [0.717, 1.165) is 31.6 Å². The molecule has 1 N–H and O–H groups in total. The first-order valence-corrected chi connectivity index (χ1v) is 7.30. The normalized spacial score (nSPS) is 18.9. The van der Waals surface area contributed by atoms with Gasteiger partial charge in [-0.1, -0.05) is 0 Å². The second kappa shape index (κ2) is 6.57. The molecule has 1 fully saturated rings. The van der Waals surface area contributed by atoms with Crippen LogP contribution in [-0.2, 0) is 0 Å². The first-order chi connectivity index (χ1) is 10.7. The van der Waals surface area contributed by atoms with Gasteiger partial charge in [-0.25, -0.2) is 9.97 Å². The molecule has 3 rings (SSSR count). The molecular formula is C15H18N6O. The summed E-state index contributed by atoms with van der Waals surface area (Å²) >= 11 is 0. The third kappa shape index (κ3) is 3.43.